The summed E-state index contributed by atoms with van der Waals surface area (Å²) in [7, 11) is 0. The van der Waals surface area contributed by atoms with Crippen molar-refractivity contribution in [2.45, 2.75) is 43.7 Å². The van der Waals surface area contributed by atoms with Gasteiger partial charge in [-0.15, -0.1) is 11.3 Å². The molecule has 0 aromatic carbocycles. The molecule has 2 saturated heterocycles. The first kappa shape index (κ1) is 8.01. The van der Waals surface area contributed by atoms with Gasteiger partial charge in [-0.25, -0.2) is 0 Å². The van der Waals surface area contributed by atoms with E-state index in [1.165, 1.54) is 25.7 Å². The maximum absolute atomic E-state index is 3.69. The zero-order valence-corrected chi connectivity index (χ0v) is 8.52. The number of hydrogen-bond donors (Lipinski definition) is 1. The van der Waals surface area contributed by atoms with E-state index in [4.69, 9.17) is 0 Å². The van der Waals surface area contributed by atoms with Gasteiger partial charge in [-0.1, -0.05) is 6.07 Å². The van der Waals surface area contributed by atoms with Crippen LogP contribution in [0.2, 0.25) is 0 Å². The Bertz CT molecular complexity index is 268. The van der Waals surface area contributed by atoms with Gasteiger partial charge < -0.3 is 5.32 Å². The molecule has 1 aromatic rings. The molecule has 0 radical (unpaired) electrons. The first-order valence-electron chi connectivity index (χ1n) is 5.21. The van der Waals surface area contributed by atoms with E-state index in [0.717, 1.165) is 18.0 Å². The van der Waals surface area contributed by atoms with Gasteiger partial charge in [-0.05, 0) is 43.0 Å². The normalized spacial score (nSPS) is 38.0. The van der Waals surface area contributed by atoms with E-state index in [1.807, 2.05) is 11.3 Å². The number of rotatable bonds is 1. The molecule has 3 rings (SSSR count). The maximum atomic E-state index is 3.69. The fourth-order valence-corrected chi connectivity index (χ4v) is 3.67. The highest BCUT2D eigenvalue weighted by Crippen LogP contribution is 2.38. The quantitative estimate of drug-likeness (QED) is 0.723. The van der Waals surface area contributed by atoms with Crippen molar-refractivity contribution in [1.82, 2.24) is 5.32 Å². The molecule has 1 aromatic heterocycles. The highest BCUT2D eigenvalue weighted by molar-refractivity contribution is 7.10. The van der Waals surface area contributed by atoms with Crippen LogP contribution < -0.4 is 5.32 Å². The van der Waals surface area contributed by atoms with Crippen molar-refractivity contribution >= 4 is 11.3 Å². The third-order valence-corrected chi connectivity index (χ3v) is 4.45. The van der Waals surface area contributed by atoms with Gasteiger partial charge in [-0.3, -0.25) is 0 Å². The summed E-state index contributed by atoms with van der Waals surface area (Å²) < 4.78 is 0. The molecule has 2 fully saturated rings. The summed E-state index contributed by atoms with van der Waals surface area (Å²) in [5.74, 6) is 0.860. The van der Waals surface area contributed by atoms with Crippen LogP contribution in [0.1, 0.15) is 36.5 Å². The Morgan fingerprint density at radius 2 is 2.00 bits per heavy atom. The predicted octanol–water partition coefficient (Wildman–Crippen LogP) is 2.75. The number of thiophene rings is 1. The summed E-state index contributed by atoms with van der Waals surface area (Å²) in [6.45, 7) is 0. The molecule has 2 bridgehead atoms. The van der Waals surface area contributed by atoms with E-state index in [2.05, 4.69) is 22.8 Å². The Balaban J connectivity index is 1.80. The fourth-order valence-electron chi connectivity index (χ4n) is 2.81. The SMILES string of the molecule is c1csc(C2CC3CCC(C2)N3)c1. The van der Waals surface area contributed by atoms with Gasteiger partial charge in [0, 0.05) is 17.0 Å². The van der Waals surface area contributed by atoms with Crippen molar-refractivity contribution in [3.8, 4) is 0 Å². The lowest BCUT2D eigenvalue weighted by Gasteiger charge is -2.28. The number of piperidine rings is 1. The minimum absolute atomic E-state index is 0.825. The molecular weight excluding hydrogens is 178 g/mol. The summed E-state index contributed by atoms with van der Waals surface area (Å²) in [6.07, 6.45) is 5.56. The van der Waals surface area contributed by atoms with E-state index in [0.29, 0.717) is 0 Å². The van der Waals surface area contributed by atoms with Crippen LogP contribution in [-0.2, 0) is 0 Å². The van der Waals surface area contributed by atoms with Crippen molar-refractivity contribution in [3.05, 3.63) is 22.4 Å². The van der Waals surface area contributed by atoms with Crippen LogP contribution in [0.25, 0.3) is 0 Å². The average Bonchev–Trinajstić information content (AvgIpc) is 2.75. The summed E-state index contributed by atoms with van der Waals surface area (Å²) in [4.78, 5) is 1.61. The number of fused-ring (bicyclic) bond motifs is 2. The Morgan fingerprint density at radius 1 is 1.23 bits per heavy atom. The molecule has 2 heteroatoms. The lowest BCUT2D eigenvalue weighted by Crippen LogP contribution is -2.36. The van der Waals surface area contributed by atoms with Gasteiger partial charge in [0.15, 0.2) is 0 Å². The van der Waals surface area contributed by atoms with Gasteiger partial charge in [0.2, 0.25) is 0 Å². The highest BCUT2D eigenvalue weighted by atomic mass is 32.1. The van der Waals surface area contributed by atoms with Crippen LogP contribution in [0.3, 0.4) is 0 Å². The third kappa shape index (κ3) is 1.42. The molecule has 0 amide bonds. The smallest absolute Gasteiger partial charge is 0.00773 e. The summed E-state index contributed by atoms with van der Waals surface area (Å²) >= 11 is 1.93. The summed E-state index contributed by atoms with van der Waals surface area (Å²) in [5, 5.41) is 5.89. The standard InChI is InChI=1S/C11H15NS/c1-2-11(13-5-1)8-6-9-3-4-10(7-8)12-9/h1-2,5,8-10,12H,3-4,6-7H2. The molecule has 2 unspecified atom stereocenters. The predicted molar refractivity (Wildman–Crippen MR) is 56.2 cm³/mol. The van der Waals surface area contributed by atoms with E-state index < -0.39 is 0 Å². The molecule has 3 heterocycles. The van der Waals surface area contributed by atoms with Gasteiger partial charge in [0.25, 0.3) is 0 Å². The summed E-state index contributed by atoms with van der Waals surface area (Å²) in [5.41, 5.74) is 0. The van der Waals surface area contributed by atoms with Crippen LogP contribution in [-0.4, -0.2) is 12.1 Å². The molecule has 2 aliphatic heterocycles. The number of nitrogens with one attached hydrogen (secondary N) is 1. The van der Waals surface area contributed by atoms with Crippen LogP contribution in [0, 0.1) is 0 Å². The van der Waals surface area contributed by atoms with Gasteiger partial charge in [0.1, 0.15) is 0 Å². The minimum Gasteiger partial charge on any atom is -0.311 e. The molecule has 1 nitrogen and oxygen atoms in total. The van der Waals surface area contributed by atoms with Crippen LogP contribution in [0.5, 0.6) is 0 Å². The maximum Gasteiger partial charge on any atom is 0.00773 e. The highest BCUT2D eigenvalue weighted by Gasteiger charge is 2.34. The summed E-state index contributed by atoms with van der Waals surface area (Å²) in [6, 6.07) is 6.14. The minimum atomic E-state index is 0.825. The number of hydrogen-bond acceptors (Lipinski definition) is 2. The Hall–Kier alpha value is -0.340. The van der Waals surface area contributed by atoms with Crippen molar-refractivity contribution in [2.75, 3.05) is 0 Å². The van der Waals surface area contributed by atoms with Crippen LogP contribution >= 0.6 is 11.3 Å². The van der Waals surface area contributed by atoms with Crippen LogP contribution in [0.4, 0.5) is 0 Å². The first-order chi connectivity index (χ1) is 6.42. The Kier molecular flexibility index (Phi) is 1.91. The van der Waals surface area contributed by atoms with Crippen molar-refractivity contribution < 1.29 is 0 Å². The second kappa shape index (κ2) is 3.10. The second-order valence-electron chi connectivity index (χ2n) is 4.32. The largest absolute Gasteiger partial charge is 0.311 e. The van der Waals surface area contributed by atoms with E-state index in [9.17, 15) is 0 Å². The lowest BCUT2D eigenvalue weighted by molar-refractivity contribution is 0.366. The third-order valence-electron chi connectivity index (χ3n) is 3.42. The van der Waals surface area contributed by atoms with Crippen molar-refractivity contribution in [2.24, 2.45) is 0 Å². The van der Waals surface area contributed by atoms with E-state index in [-0.39, 0.29) is 0 Å². The zero-order valence-electron chi connectivity index (χ0n) is 7.70. The van der Waals surface area contributed by atoms with Crippen molar-refractivity contribution in [1.29, 1.82) is 0 Å². The zero-order chi connectivity index (χ0) is 8.67. The molecule has 1 N–H and O–H groups in total. The first-order valence-corrected chi connectivity index (χ1v) is 6.09. The van der Waals surface area contributed by atoms with Gasteiger partial charge in [-0.2, -0.15) is 0 Å². The molecule has 0 aliphatic carbocycles. The molecule has 0 saturated carbocycles. The molecule has 2 atom stereocenters. The molecule has 0 spiro atoms. The van der Waals surface area contributed by atoms with E-state index in [1.54, 1.807) is 4.88 Å². The Labute approximate surface area is 83.2 Å². The van der Waals surface area contributed by atoms with E-state index >= 15 is 0 Å². The topological polar surface area (TPSA) is 12.0 Å². The molecule has 13 heavy (non-hydrogen) atoms. The van der Waals surface area contributed by atoms with Crippen molar-refractivity contribution in [3.63, 3.8) is 0 Å². The van der Waals surface area contributed by atoms with Crippen LogP contribution in [0.15, 0.2) is 17.5 Å². The van der Waals surface area contributed by atoms with Gasteiger partial charge >= 0.3 is 0 Å². The second-order valence-corrected chi connectivity index (χ2v) is 5.30. The molecule has 2 aliphatic rings. The molecular formula is C11H15NS. The fraction of sp³-hybridized carbons (Fsp3) is 0.636. The molecule has 70 valence electrons. The lowest BCUT2D eigenvalue weighted by atomic mass is 9.91. The monoisotopic (exact) mass is 193 g/mol. The Morgan fingerprint density at radius 3 is 2.62 bits per heavy atom. The average molecular weight is 193 g/mol. The van der Waals surface area contributed by atoms with Gasteiger partial charge in [0.05, 0.1) is 0 Å².